The third-order valence-electron chi connectivity index (χ3n) is 2.42. The molecule has 2 rings (SSSR count). The van der Waals surface area contributed by atoms with Crippen molar-refractivity contribution in [1.82, 2.24) is 10.3 Å². The third-order valence-corrected chi connectivity index (χ3v) is 3.32. The maximum Gasteiger partial charge on any atom is 0.217 e. The summed E-state index contributed by atoms with van der Waals surface area (Å²) in [4.78, 5) is 17.3. The van der Waals surface area contributed by atoms with Gasteiger partial charge < -0.3 is 15.0 Å². The van der Waals surface area contributed by atoms with E-state index < -0.39 is 0 Å². The minimum Gasteiger partial charge on any atom is -0.378 e. The van der Waals surface area contributed by atoms with Gasteiger partial charge in [-0.2, -0.15) is 0 Å². The van der Waals surface area contributed by atoms with Gasteiger partial charge in [-0.05, 0) is 5.92 Å². The van der Waals surface area contributed by atoms with Crippen molar-refractivity contribution in [3.05, 3.63) is 11.1 Å². The first kappa shape index (κ1) is 12.9. The molecule has 1 aliphatic heterocycles. The number of rotatable bonds is 2. The van der Waals surface area contributed by atoms with Gasteiger partial charge in [-0.3, -0.25) is 4.79 Å². The molecule has 5 nitrogen and oxygen atoms in total. The molecule has 1 saturated heterocycles. The smallest absolute Gasteiger partial charge is 0.217 e. The molecule has 18 heavy (non-hydrogen) atoms. The van der Waals surface area contributed by atoms with Crippen molar-refractivity contribution in [2.45, 2.75) is 6.92 Å². The van der Waals surface area contributed by atoms with Crippen LogP contribution in [-0.2, 0) is 9.53 Å². The van der Waals surface area contributed by atoms with E-state index in [1.807, 2.05) is 5.38 Å². The van der Waals surface area contributed by atoms with Crippen molar-refractivity contribution < 1.29 is 9.53 Å². The highest BCUT2D eigenvalue weighted by Crippen LogP contribution is 2.20. The van der Waals surface area contributed by atoms with Crippen LogP contribution in [-0.4, -0.2) is 43.7 Å². The van der Waals surface area contributed by atoms with E-state index in [1.165, 1.54) is 6.92 Å². The van der Waals surface area contributed by atoms with E-state index in [1.54, 1.807) is 11.3 Å². The van der Waals surface area contributed by atoms with Crippen molar-refractivity contribution in [2.75, 3.05) is 37.7 Å². The van der Waals surface area contributed by atoms with E-state index in [4.69, 9.17) is 4.74 Å². The number of hydrogen-bond acceptors (Lipinski definition) is 5. The summed E-state index contributed by atoms with van der Waals surface area (Å²) in [5.41, 5.74) is 0.756. The van der Waals surface area contributed by atoms with Crippen LogP contribution in [0.4, 0.5) is 5.13 Å². The molecular weight excluding hydrogens is 250 g/mol. The van der Waals surface area contributed by atoms with Gasteiger partial charge in [0.15, 0.2) is 5.13 Å². The maximum absolute atomic E-state index is 10.7. The monoisotopic (exact) mass is 265 g/mol. The topological polar surface area (TPSA) is 54.5 Å². The second-order valence-electron chi connectivity index (χ2n) is 3.83. The molecule has 1 fully saturated rings. The van der Waals surface area contributed by atoms with E-state index in [0.29, 0.717) is 6.54 Å². The number of anilines is 1. The van der Waals surface area contributed by atoms with E-state index in [2.05, 4.69) is 27.0 Å². The molecule has 0 aliphatic carbocycles. The molecule has 0 unspecified atom stereocenters. The van der Waals surface area contributed by atoms with Crippen molar-refractivity contribution >= 4 is 22.4 Å². The predicted molar refractivity (Wildman–Crippen MR) is 70.7 cm³/mol. The molecule has 1 aromatic rings. The Morgan fingerprint density at radius 1 is 1.61 bits per heavy atom. The summed E-state index contributed by atoms with van der Waals surface area (Å²) >= 11 is 1.59. The van der Waals surface area contributed by atoms with E-state index in [0.717, 1.165) is 37.1 Å². The largest absolute Gasteiger partial charge is 0.378 e. The van der Waals surface area contributed by atoms with Crippen molar-refractivity contribution in [2.24, 2.45) is 0 Å². The fourth-order valence-electron chi connectivity index (χ4n) is 1.52. The van der Waals surface area contributed by atoms with Gasteiger partial charge in [0.25, 0.3) is 0 Å². The lowest BCUT2D eigenvalue weighted by atomic mass is 10.4. The highest BCUT2D eigenvalue weighted by atomic mass is 32.1. The van der Waals surface area contributed by atoms with Crippen LogP contribution in [0.15, 0.2) is 5.38 Å². The first-order valence-corrected chi connectivity index (χ1v) is 6.65. The maximum atomic E-state index is 10.7. The highest BCUT2D eigenvalue weighted by Gasteiger charge is 2.13. The van der Waals surface area contributed by atoms with Crippen LogP contribution < -0.4 is 10.2 Å². The van der Waals surface area contributed by atoms with Gasteiger partial charge in [0, 0.05) is 25.4 Å². The van der Waals surface area contributed by atoms with Gasteiger partial charge in [0.05, 0.1) is 19.8 Å². The molecular formula is C12H15N3O2S. The zero-order chi connectivity index (χ0) is 12.8. The Labute approximate surface area is 110 Å². The number of amides is 1. The van der Waals surface area contributed by atoms with Crippen LogP contribution in [0.25, 0.3) is 0 Å². The van der Waals surface area contributed by atoms with Crippen LogP contribution in [0.1, 0.15) is 12.6 Å². The van der Waals surface area contributed by atoms with Gasteiger partial charge in [-0.15, -0.1) is 11.3 Å². The molecule has 1 aliphatic rings. The Hall–Kier alpha value is -1.58. The Kier molecular flexibility index (Phi) is 4.56. The summed E-state index contributed by atoms with van der Waals surface area (Å²) in [5, 5.41) is 5.55. The first-order valence-electron chi connectivity index (χ1n) is 5.77. The normalized spacial score (nSPS) is 14.8. The second-order valence-corrected chi connectivity index (χ2v) is 4.66. The second kappa shape index (κ2) is 6.38. The summed E-state index contributed by atoms with van der Waals surface area (Å²) in [7, 11) is 0. The van der Waals surface area contributed by atoms with E-state index in [-0.39, 0.29) is 5.91 Å². The molecule has 2 heterocycles. The quantitative estimate of drug-likeness (QED) is 0.790. The van der Waals surface area contributed by atoms with Gasteiger partial charge in [-0.25, -0.2) is 4.98 Å². The summed E-state index contributed by atoms with van der Waals surface area (Å²) in [6, 6.07) is 0. The highest BCUT2D eigenvalue weighted by molar-refractivity contribution is 7.13. The standard InChI is InChI=1S/C12H15N3O2S/c1-10(16)13-4-2-3-11-9-18-12(14-11)15-5-7-17-8-6-15/h9H,4-8H2,1H3,(H,13,16). The third kappa shape index (κ3) is 3.72. The Morgan fingerprint density at radius 3 is 3.11 bits per heavy atom. The summed E-state index contributed by atoms with van der Waals surface area (Å²) < 4.78 is 5.30. The molecule has 1 N–H and O–H groups in total. The van der Waals surface area contributed by atoms with Crippen LogP contribution >= 0.6 is 11.3 Å². The van der Waals surface area contributed by atoms with Crippen molar-refractivity contribution in [3.8, 4) is 11.8 Å². The summed E-state index contributed by atoms with van der Waals surface area (Å²) in [5.74, 6) is 5.73. The lowest BCUT2D eigenvalue weighted by Gasteiger charge is -2.25. The SMILES string of the molecule is CC(=O)NCC#Cc1csc(N2CCOCC2)n1. The number of carbonyl (C=O) groups excluding carboxylic acids is 1. The molecule has 0 radical (unpaired) electrons. The minimum atomic E-state index is -0.0726. The first-order chi connectivity index (χ1) is 8.75. The van der Waals surface area contributed by atoms with Crippen molar-refractivity contribution in [3.63, 3.8) is 0 Å². The fraction of sp³-hybridized carbons (Fsp3) is 0.500. The number of thiazole rings is 1. The van der Waals surface area contributed by atoms with Crippen LogP contribution in [0.3, 0.4) is 0 Å². The zero-order valence-corrected chi connectivity index (χ0v) is 11.0. The molecule has 1 aromatic heterocycles. The van der Waals surface area contributed by atoms with Gasteiger partial charge in [0.2, 0.25) is 5.91 Å². The van der Waals surface area contributed by atoms with Gasteiger partial charge in [-0.1, -0.05) is 5.92 Å². The average Bonchev–Trinajstić information content (AvgIpc) is 2.84. The molecule has 0 saturated carbocycles. The van der Waals surface area contributed by atoms with Crippen molar-refractivity contribution in [1.29, 1.82) is 0 Å². The summed E-state index contributed by atoms with van der Waals surface area (Å²) in [6.45, 7) is 5.10. The lowest BCUT2D eigenvalue weighted by Crippen LogP contribution is -2.36. The van der Waals surface area contributed by atoms with E-state index in [9.17, 15) is 4.79 Å². The fourth-order valence-corrected chi connectivity index (χ4v) is 2.34. The Bertz CT molecular complexity index is 469. The Morgan fingerprint density at radius 2 is 2.39 bits per heavy atom. The number of nitrogens with one attached hydrogen (secondary N) is 1. The number of ether oxygens (including phenoxy) is 1. The predicted octanol–water partition coefficient (Wildman–Crippen LogP) is 0.467. The number of carbonyl (C=O) groups is 1. The van der Waals surface area contributed by atoms with Crippen LogP contribution in [0.5, 0.6) is 0 Å². The molecule has 0 aromatic carbocycles. The van der Waals surface area contributed by atoms with E-state index >= 15 is 0 Å². The number of hydrogen-bond donors (Lipinski definition) is 1. The molecule has 6 heteroatoms. The Balaban J connectivity index is 1.90. The molecule has 0 atom stereocenters. The molecule has 96 valence electrons. The average molecular weight is 265 g/mol. The molecule has 0 spiro atoms. The molecule has 0 bridgehead atoms. The van der Waals surface area contributed by atoms with Gasteiger partial charge >= 0.3 is 0 Å². The zero-order valence-electron chi connectivity index (χ0n) is 10.2. The van der Waals surface area contributed by atoms with Gasteiger partial charge in [0.1, 0.15) is 5.69 Å². The number of morpholine rings is 1. The lowest BCUT2D eigenvalue weighted by molar-refractivity contribution is -0.118. The van der Waals surface area contributed by atoms with Crippen LogP contribution in [0, 0.1) is 11.8 Å². The van der Waals surface area contributed by atoms with Crippen LogP contribution in [0.2, 0.25) is 0 Å². The molecule has 1 amide bonds. The minimum absolute atomic E-state index is 0.0726. The number of aromatic nitrogens is 1. The number of nitrogens with zero attached hydrogens (tertiary/aromatic N) is 2. The summed E-state index contributed by atoms with van der Waals surface area (Å²) in [6.07, 6.45) is 0.